The summed E-state index contributed by atoms with van der Waals surface area (Å²) in [5.41, 5.74) is 0. The molecule has 0 rings (SSSR count). The Morgan fingerprint density at radius 3 is 1.07 bits per heavy atom. The molecule has 0 aromatic rings. The number of aliphatic carboxylic acids is 4. The van der Waals surface area contributed by atoms with Crippen molar-refractivity contribution >= 4 is 45.0 Å². The molecule has 8 nitrogen and oxygen atoms in total. The maximum atomic E-state index is 11.0. The van der Waals surface area contributed by atoms with Crippen molar-refractivity contribution in [1.82, 2.24) is 0 Å². The molecule has 0 bridgehead atoms. The van der Waals surface area contributed by atoms with Crippen LogP contribution in [0.25, 0.3) is 0 Å². The predicted octanol–water partition coefficient (Wildman–Crippen LogP) is 4.89. The molecule has 0 aliphatic carbocycles. The number of carboxylic acid groups (broad SMARTS) is 4. The second-order valence-electron chi connectivity index (χ2n) is 12.3. The Balaban J connectivity index is -0.000000622. The fraction of sp³-hybridized carbons (Fsp3) is 0.889. The molecule has 0 aromatic carbocycles. The second kappa shape index (κ2) is 35.5. The molecule has 4 atom stereocenters. The van der Waals surface area contributed by atoms with Crippen molar-refractivity contribution < 1.29 is 39.6 Å². The van der Waals surface area contributed by atoms with E-state index in [1.807, 2.05) is 0 Å². The zero-order chi connectivity index (χ0) is 34.9. The van der Waals surface area contributed by atoms with Gasteiger partial charge in [0.2, 0.25) is 0 Å². The van der Waals surface area contributed by atoms with Crippen LogP contribution in [0.1, 0.15) is 170 Å². The fourth-order valence-corrected chi connectivity index (χ4v) is 9.30. The molecule has 9 heteroatoms. The first-order valence-electron chi connectivity index (χ1n) is 17.9. The van der Waals surface area contributed by atoms with E-state index >= 15 is 0 Å². The van der Waals surface area contributed by atoms with Gasteiger partial charge in [0.15, 0.2) is 0 Å². The summed E-state index contributed by atoms with van der Waals surface area (Å²) in [4.78, 5) is 42.6. The summed E-state index contributed by atoms with van der Waals surface area (Å²) in [7, 11) is 0. The minimum absolute atomic E-state index is 0.0739. The molecule has 0 heterocycles. The van der Waals surface area contributed by atoms with E-state index in [0.29, 0.717) is 50.4 Å². The average Bonchev–Trinajstić information content (AvgIpc) is 2.99. The van der Waals surface area contributed by atoms with Crippen LogP contribution in [0.5, 0.6) is 0 Å². The van der Waals surface area contributed by atoms with E-state index in [4.69, 9.17) is 0 Å². The molecule has 0 aliphatic rings. The number of carboxylic acids is 4. The van der Waals surface area contributed by atoms with Crippen LogP contribution < -0.4 is 20.4 Å². The van der Waals surface area contributed by atoms with Gasteiger partial charge in [0.1, 0.15) is 0 Å². The molecule has 0 N–H and O–H groups in total. The monoisotopic (exact) mass is 746 g/mol. The maximum absolute atomic E-state index is 11.0. The minimum atomic E-state index is -1.12. The summed E-state index contributed by atoms with van der Waals surface area (Å²) >= 11 is 0.149. The molecule has 45 heavy (non-hydrogen) atoms. The van der Waals surface area contributed by atoms with E-state index in [-0.39, 0.29) is 34.0 Å². The van der Waals surface area contributed by atoms with E-state index in [1.54, 1.807) is 8.87 Å². The number of rotatable bonds is 28. The van der Waals surface area contributed by atoms with Gasteiger partial charge in [0.05, 0.1) is 0 Å². The summed E-state index contributed by atoms with van der Waals surface area (Å²) in [5.74, 6) is -4.59. The van der Waals surface area contributed by atoms with E-state index < -0.39 is 35.7 Å². The number of unbranched alkanes of at least 4 members (excludes halogenated alkanes) is 4. The molecule has 262 valence electrons. The van der Waals surface area contributed by atoms with Crippen molar-refractivity contribution in [1.29, 1.82) is 0 Å². The van der Waals surface area contributed by atoms with E-state index in [2.05, 4.69) is 41.5 Å². The Kier molecular flexibility index (Phi) is 38.0. The Morgan fingerprint density at radius 2 is 0.822 bits per heavy atom. The zero-order valence-corrected chi connectivity index (χ0v) is 32.5. The first kappa shape index (κ1) is 48.1. The Morgan fingerprint density at radius 1 is 0.489 bits per heavy atom. The van der Waals surface area contributed by atoms with Gasteiger partial charge in [-0.1, -0.05) is 79.1 Å². The quantitative estimate of drug-likeness (QED) is 0.0809. The van der Waals surface area contributed by atoms with Crippen molar-refractivity contribution in [2.45, 2.75) is 179 Å². The summed E-state index contributed by atoms with van der Waals surface area (Å²) in [6.45, 7) is 12.9. The molecule has 4 unspecified atom stereocenters. The van der Waals surface area contributed by atoms with Crippen molar-refractivity contribution in [3.8, 4) is 0 Å². The standard InChI is InChI=1S/2C14H26O4.2C4H9.Sn/c2*1-3-5-7-11(4-2)10-12(14(17)18)8-6-9-13(15)16;2*1-3-4-2;/h2*11-12H,3-10H2,1-2H3,(H,15,16)(H,17,18);2*1,3-4H2,2H3;/q;;;;+4/p-4. The first-order valence-corrected chi connectivity index (χ1v) is 22.0. The molecule has 0 fully saturated rings. The van der Waals surface area contributed by atoms with Gasteiger partial charge >= 0.3 is 69.5 Å². The van der Waals surface area contributed by atoms with Gasteiger partial charge in [0.25, 0.3) is 0 Å². The van der Waals surface area contributed by atoms with Crippen molar-refractivity contribution in [3.63, 3.8) is 0 Å². The van der Waals surface area contributed by atoms with Crippen LogP contribution >= 0.6 is 0 Å². The summed E-state index contributed by atoms with van der Waals surface area (Å²) in [5, 5.41) is 42.6. The molecule has 6 radical (unpaired) electrons. The van der Waals surface area contributed by atoms with Crippen LogP contribution in [0.4, 0.5) is 0 Å². The SMILES string of the molecule is CCCCC(CC)CC(CCCC(=O)[O-])C(=O)[O-].CCCCC(CC)CC(CCCC(=O)[O-])C(=O)[O-].CCC[CH2][Sn+4][CH2]CCC. The normalized spacial score (nSPS) is 13.3. The molecule has 0 saturated heterocycles. The van der Waals surface area contributed by atoms with Crippen LogP contribution in [-0.2, 0) is 19.2 Å². The Labute approximate surface area is 286 Å². The number of hydrogen-bond donors (Lipinski definition) is 0. The average molecular weight is 746 g/mol. The number of carbonyl (C=O) groups is 4. The molecular weight excluding hydrogens is 679 g/mol. The van der Waals surface area contributed by atoms with Gasteiger partial charge in [-0.2, -0.15) is 0 Å². The molecule has 0 aromatic heterocycles. The van der Waals surface area contributed by atoms with Gasteiger partial charge in [-0.3, -0.25) is 0 Å². The van der Waals surface area contributed by atoms with E-state index in [9.17, 15) is 39.6 Å². The first-order chi connectivity index (χ1) is 21.4. The second-order valence-corrected chi connectivity index (χ2v) is 16.6. The van der Waals surface area contributed by atoms with Crippen LogP contribution in [0.2, 0.25) is 8.87 Å². The van der Waals surface area contributed by atoms with Gasteiger partial charge in [-0.05, 0) is 75.0 Å². The summed E-state index contributed by atoms with van der Waals surface area (Å²) in [6, 6.07) is 0. The molecule has 0 spiro atoms. The van der Waals surface area contributed by atoms with Crippen molar-refractivity contribution in [2.75, 3.05) is 0 Å². The van der Waals surface area contributed by atoms with Gasteiger partial charge in [-0.15, -0.1) is 0 Å². The van der Waals surface area contributed by atoms with Gasteiger partial charge in [-0.25, -0.2) is 0 Å². The molecular formula is C36H66O8Sn. The van der Waals surface area contributed by atoms with Crippen LogP contribution in [0.3, 0.4) is 0 Å². The van der Waals surface area contributed by atoms with E-state index in [0.717, 1.165) is 51.4 Å². The third-order valence-corrected chi connectivity index (χ3v) is 12.3. The Bertz CT molecular complexity index is 657. The number of hydrogen-bond acceptors (Lipinski definition) is 8. The summed E-state index contributed by atoms with van der Waals surface area (Å²) in [6.07, 6.45) is 16.8. The third kappa shape index (κ3) is 35.4. The third-order valence-electron chi connectivity index (χ3n) is 8.27. The van der Waals surface area contributed by atoms with Crippen LogP contribution in [-0.4, -0.2) is 45.0 Å². The topological polar surface area (TPSA) is 161 Å². The van der Waals surface area contributed by atoms with Gasteiger partial charge < -0.3 is 39.6 Å². The molecule has 0 amide bonds. The van der Waals surface area contributed by atoms with Gasteiger partial charge in [0, 0.05) is 23.9 Å². The molecule has 0 aliphatic heterocycles. The summed E-state index contributed by atoms with van der Waals surface area (Å²) < 4.78 is 3.25. The van der Waals surface area contributed by atoms with Crippen LogP contribution in [0, 0.1) is 23.7 Å². The Hall–Kier alpha value is -1.32. The van der Waals surface area contributed by atoms with E-state index in [1.165, 1.54) is 25.7 Å². The zero-order valence-electron chi connectivity index (χ0n) is 29.6. The molecule has 0 saturated carbocycles. The van der Waals surface area contributed by atoms with Crippen molar-refractivity contribution in [3.05, 3.63) is 0 Å². The van der Waals surface area contributed by atoms with Crippen LogP contribution in [0.15, 0.2) is 0 Å². The van der Waals surface area contributed by atoms with Crippen molar-refractivity contribution in [2.24, 2.45) is 23.7 Å². The fourth-order valence-electron chi connectivity index (χ4n) is 5.15. The predicted molar refractivity (Wildman–Crippen MR) is 176 cm³/mol. The number of carbonyl (C=O) groups excluding carboxylic acids is 4.